The zero-order chi connectivity index (χ0) is 9.78. The van der Waals surface area contributed by atoms with Crippen LogP contribution in [0.4, 0.5) is 0 Å². The van der Waals surface area contributed by atoms with Gasteiger partial charge in [-0.1, -0.05) is 0 Å². The standard InChI is InChI=1S/C6H8O6/c1-6(10,11)12-5(9)3-2-4(7)8/h2-3,10-11H,1H3,(H,7,8)/p-1/b3-2+. The van der Waals surface area contributed by atoms with Gasteiger partial charge in [-0.3, -0.25) is 0 Å². The van der Waals surface area contributed by atoms with E-state index in [0.717, 1.165) is 6.92 Å². The van der Waals surface area contributed by atoms with Gasteiger partial charge in [0.1, 0.15) is 0 Å². The molecule has 0 rings (SSSR count). The van der Waals surface area contributed by atoms with E-state index < -0.39 is 17.9 Å². The molecule has 0 amide bonds. The maximum Gasteiger partial charge on any atom is 0.335 e. The fraction of sp³-hybridized carbons (Fsp3) is 0.333. The predicted octanol–water partition coefficient (Wildman–Crippen LogP) is -2.51. The normalized spacial score (nSPS) is 11.6. The summed E-state index contributed by atoms with van der Waals surface area (Å²) in [5.74, 6) is -5.37. The van der Waals surface area contributed by atoms with Crippen LogP contribution in [0, 0.1) is 0 Å². The lowest BCUT2D eigenvalue weighted by Crippen LogP contribution is -2.30. The highest BCUT2D eigenvalue weighted by molar-refractivity contribution is 5.89. The van der Waals surface area contributed by atoms with Crippen molar-refractivity contribution in [3.8, 4) is 0 Å². The first kappa shape index (κ1) is 10.6. The summed E-state index contributed by atoms with van der Waals surface area (Å²) in [6.07, 6.45) is 0.911. The van der Waals surface area contributed by atoms with Crippen LogP contribution in [-0.4, -0.2) is 28.1 Å². The molecule has 0 aromatic rings. The molecule has 0 saturated heterocycles. The summed E-state index contributed by atoms with van der Waals surface area (Å²) in [6.45, 7) is 0.803. The smallest absolute Gasteiger partial charge is 0.335 e. The summed E-state index contributed by atoms with van der Waals surface area (Å²) in [4.78, 5) is 20.2. The van der Waals surface area contributed by atoms with E-state index >= 15 is 0 Å². The molecule has 0 atom stereocenters. The highest BCUT2D eigenvalue weighted by Gasteiger charge is 2.18. The van der Waals surface area contributed by atoms with E-state index in [4.69, 9.17) is 10.2 Å². The fourth-order valence-electron chi connectivity index (χ4n) is 0.361. The molecule has 0 saturated carbocycles. The van der Waals surface area contributed by atoms with Gasteiger partial charge in [0.2, 0.25) is 0 Å². The fourth-order valence-corrected chi connectivity index (χ4v) is 0.361. The lowest BCUT2D eigenvalue weighted by Gasteiger charge is -2.14. The Balaban J connectivity index is 3.99. The van der Waals surface area contributed by atoms with Crippen molar-refractivity contribution in [1.29, 1.82) is 0 Å². The summed E-state index contributed by atoms with van der Waals surface area (Å²) < 4.78 is 3.88. The van der Waals surface area contributed by atoms with Crippen LogP contribution in [0.2, 0.25) is 0 Å². The van der Waals surface area contributed by atoms with Crippen molar-refractivity contribution >= 4 is 11.9 Å². The SMILES string of the molecule is CC(O)(O)OC(=O)/C=C/C(=O)[O-]. The van der Waals surface area contributed by atoms with Gasteiger partial charge in [-0.2, -0.15) is 0 Å². The van der Waals surface area contributed by atoms with E-state index in [1.165, 1.54) is 0 Å². The molecule has 0 radical (unpaired) electrons. The number of carbonyl (C=O) groups is 2. The van der Waals surface area contributed by atoms with Gasteiger partial charge in [-0.15, -0.1) is 0 Å². The number of ether oxygens (including phenoxy) is 1. The van der Waals surface area contributed by atoms with Gasteiger partial charge in [0.25, 0.3) is 0 Å². The Morgan fingerprint density at radius 2 is 1.92 bits per heavy atom. The first-order valence-electron chi connectivity index (χ1n) is 2.88. The van der Waals surface area contributed by atoms with Crippen LogP contribution < -0.4 is 5.11 Å². The number of carboxylic acid groups (broad SMARTS) is 1. The monoisotopic (exact) mass is 175 g/mol. The van der Waals surface area contributed by atoms with Crippen LogP contribution >= 0.6 is 0 Å². The first-order valence-corrected chi connectivity index (χ1v) is 2.88. The van der Waals surface area contributed by atoms with Crippen molar-refractivity contribution in [2.24, 2.45) is 0 Å². The van der Waals surface area contributed by atoms with Gasteiger partial charge in [0.15, 0.2) is 0 Å². The van der Waals surface area contributed by atoms with Crippen molar-refractivity contribution in [1.82, 2.24) is 0 Å². The minimum Gasteiger partial charge on any atom is -0.545 e. The molecule has 0 aliphatic rings. The molecule has 6 nitrogen and oxygen atoms in total. The first-order chi connectivity index (χ1) is 5.31. The third-order valence-corrected chi connectivity index (χ3v) is 0.649. The zero-order valence-electron chi connectivity index (χ0n) is 6.18. The van der Waals surface area contributed by atoms with Crippen molar-refractivity contribution in [3.05, 3.63) is 12.2 Å². The molecule has 0 aromatic carbocycles. The predicted molar refractivity (Wildman–Crippen MR) is 33.1 cm³/mol. The number of hydrogen-bond donors (Lipinski definition) is 2. The summed E-state index contributed by atoms with van der Waals surface area (Å²) in [5, 5.41) is 26.7. The minimum atomic E-state index is -2.60. The molecule has 12 heavy (non-hydrogen) atoms. The van der Waals surface area contributed by atoms with E-state index in [1.54, 1.807) is 0 Å². The minimum absolute atomic E-state index is 0.411. The molecule has 0 unspecified atom stereocenters. The van der Waals surface area contributed by atoms with Gasteiger partial charge in [0.05, 0.1) is 5.97 Å². The molecule has 0 fully saturated rings. The zero-order valence-corrected chi connectivity index (χ0v) is 6.18. The summed E-state index contributed by atoms with van der Waals surface area (Å²) in [6, 6.07) is 0. The quantitative estimate of drug-likeness (QED) is 0.279. The Morgan fingerprint density at radius 1 is 1.42 bits per heavy atom. The number of esters is 1. The molecule has 0 bridgehead atoms. The molecular weight excluding hydrogens is 168 g/mol. The Morgan fingerprint density at radius 3 is 2.25 bits per heavy atom. The second kappa shape index (κ2) is 3.84. The number of rotatable bonds is 3. The van der Waals surface area contributed by atoms with Gasteiger partial charge in [-0.05, 0) is 6.08 Å². The van der Waals surface area contributed by atoms with Crippen LogP contribution in [-0.2, 0) is 14.3 Å². The van der Waals surface area contributed by atoms with Gasteiger partial charge in [0, 0.05) is 13.0 Å². The van der Waals surface area contributed by atoms with E-state index in [2.05, 4.69) is 4.74 Å². The van der Waals surface area contributed by atoms with Crippen molar-refractivity contribution in [3.63, 3.8) is 0 Å². The molecule has 0 aliphatic carbocycles. The van der Waals surface area contributed by atoms with E-state index in [1.807, 2.05) is 0 Å². The number of hydrogen-bond acceptors (Lipinski definition) is 6. The number of carbonyl (C=O) groups excluding carboxylic acids is 2. The average Bonchev–Trinajstić information content (AvgIpc) is 1.79. The van der Waals surface area contributed by atoms with Crippen molar-refractivity contribution < 1.29 is 29.6 Å². The highest BCUT2D eigenvalue weighted by Crippen LogP contribution is 1.99. The van der Waals surface area contributed by atoms with E-state index in [-0.39, 0.29) is 0 Å². The van der Waals surface area contributed by atoms with Crippen LogP contribution in [0.15, 0.2) is 12.2 Å². The molecule has 0 spiro atoms. The van der Waals surface area contributed by atoms with Gasteiger partial charge < -0.3 is 24.9 Å². The average molecular weight is 175 g/mol. The summed E-state index contributed by atoms with van der Waals surface area (Å²) in [5.41, 5.74) is 0. The molecular formula is C6H7O6-. The Hall–Kier alpha value is -1.40. The molecule has 2 N–H and O–H groups in total. The van der Waals surface area contributed by atoms with Gasteiger partial charge in [-0.25, -0.2) is 4.79 Å². The topological polar surface area (TPSA) is 107 Å². The van der Waals surface area contributed by atoms with E-state index in [0.29, 0.717) is 12.2 Å². The third-order valence-electron chi connectivity index (χ3n) is 0.649. The maximum atomic E-state index is 10.4. The number of carboxylic acids is 1. The Labute approximate surface area is 67.7 Å². The second-order valence-corrected chi connectivity index (χ2v) is 2.01. The number of aliphatic carboxylic acids is 1. The van der Waals surface area contributed by atoms with Crippen LogP contribution in [0.1, 0.15) is 6.92 Å². The van der Waals surface area contributed by atoms with Crippen LogP contribution in [0.3, 0.4) is 0 Å². The second-order valence-electron chi connectivity index (χ2n) is 2.01. The summed E-state index contributed by atoms with van der Waals surface area (Å²) in [7, 11) is 0. The van der Waals surface area contributed by atoms with E-state index in [9.17, 15) is 14.7 Å². The molecule has 0 aromatic heterocycles. The summed E-state index contributed by atoms with van der Waals surface area (Å²) >= 11 is 0. The number of aliphatic hydroxyl groups is 2. The lowest BCUT2D eigenvalue weighted by atomic mass is 10.5. The Bertz CT molecular complexity index is 211. The molecule has 0 heterocycles. The highest BCUT2D eigenvalue weighted by atomic mass is 16.8. The molecule has 68 valence electrons. The van der Waals surface area contributed by atoms with Crippen molar-refractivity contribution in [2.75, 3.05) is 0 Å². The Kier molecular flexibility index (Phi) is 3.39. The van der Waals surface area contributed by atoms with Crippen LogP contribution in [0.5, 0.6) is 0 Å². The van der Waals surface area contributed by atoms with Crippen molar-refractivity contribution in [2.45, 2.75) is 12.9 Å². The third kappa shape index (κ3) is 6.72. The molecule has 0 aliphatic heterocycles. The van der Waals surface area contributed by atoms with Gasteiger partial charge >= 0.3 is 11.9 Å². The maximum absolute atomic E-state index is 10.4. The largest absolute Gasteiger partial charge is 0.545 e. The van der Waals surface area contributed by atoms with Crippen LogP contribution in [0.25, 0.3) is 0 Å². The lowest BCUT2D eigenvalue weighted by molar-refractivity contribution is -0.305. The molecule has 6 heteroatoms.